The van der Waals surface area contributed by atoms with Crippen molar-refractivity contribution < 1.29 is 9.53 Å². The van der Waals surface area contributed by atoms with Gasteiger partial charge in [-0.1, -0.05) is 20.8 Å². The van der Waals surface area contributed by atoms with E-state index in [9.17, 15) is 4.79 Å². The van der Waals surface area contributed by atoms with Gasteiger partial charge in [0.1, 0.15) is 0 Å². The Kier molecular flexibility index (Phi) is 3.72. The Bertz CT molecular complexity index is 180. The van der Waals surface area contributed by atoms with Gasteiger partial charge in [0.25, 0.3) is 0 Å². The van der Waals surface area contributed by atoms with Gasteiger partial charge in [-0.15, -0.1) is 0 Å². The summed E-state index contributed by atoms with van der Waals surface area (Å²) in [7, 11) is 0. The molecule has 1 amide bonds. The molecule has 3 heteroatoms. The first-order chi connectivity index (χ1) is 6.13. The van der Waals surface area contributed by atoms with Crippen LogP contribution in [0.1, 0.15) is 33.6 Å². The Morgan fingerprint density at radius 2 is 2.31 bits per heavy atom. The zero-order chi connectivity index (χ0) is 9.84. The molecule has 2 unspecified atom stereocenters. The quantitative estimate of drug-likeness (QED) is 0.720. The molecule has 1 aliphatic rings. The number of nitrogens with one attached hydrogen (secondary N) is 1. The van der Waals surface area contributed by atoms with Crippen LogP contribution in [0.15, 0.2) is 0 Å². The number of rotatable bonds is 3. The summed E-state index contributed by atoms with van der Waals surface area (Å²) in [6.45, 7) is 6.60. The van der Waals surface area contributed by atoms with Gasteiger partial charge < -0.3 is 10.1 Å². The van der Waals surface area contributed by atoms with E-state index < -0.39 is 0 Å². The van der Waals surface area contributed by atoms with Gasteiger partial charge in [-0.3, -0.25) is 4.79 Å². The van der Waals surface area contributed by atoms with Crippen LogP contribution in [0.5, 0.6) is 0 Å². The average Bonchev–Trinajstić information content (AvgIpc) is 2.52. The maximum atomic E-state index is 11.3. The van der Waals surface area contributed by atoms with Crippen LogP contribution < -0.4 is 5.32 Å². The molecule has 1 heterocycles. The molecule has 0 saturated carbocycles. The fourth-order valence-corrected chi connectivity index (χ4v) is 1.46. The molecule has 0 bridgehead atoms. The van der Waals surface area contributed by atoms with Crippen molar-refractivity contribution in [3.8, 4) is 0 Å². The van der Waals surface area contributed by atoms with Crippen molar-refractivity contribution in [2.45, 2.75) is 45.8 Å². The minimum atomic E-state index is 0.0701. The number of amides is 1. The summed E-state index contributed by atoms with van der Waals surface area (Å²) in [5.74, 6) is 0.200. The third-order valence-corrected chi connectivity index (χ3v) is 2.41. The monoisotopic (exact) mass is 185 g/mol. The van der Waals surface area contributed by atoms with Gasteiger partial charge in [0.05, 0.1) is 18.8 Å². The van der Waals surface area contributed by atoms with Crippen LogP contribution in [-0.4, -0.2) is 24.7 Å². The minimum Gasteiger partial charge on any atom is -0.376 e. The summed E-state index contributed by atoms with van der Waals surface area (Å²) in [5.41, 5.74) is 0. The van der Waals surface area contributed by atoms with Crippen LogP contribution in [0.4, 0.5) is 0 Å². The van der Waals surface area contributed by atoms with Crippen LogP contribution in [0, 0.1) is 5.92 Å². The second-order valence-electron chi connectivity index (χ2n) is 3.96. The second kappa shape index (κ2) is 4.61. The molecule has 1 fully saturated rings. The highest BCUT2D eigenvalue weighted by Gasteiger charge is 2.25. The molecular formula is C10H19NO2. The first-order valence-corrected chi connectivity index (χ1v) is 5.05. The summed E-state index contributed by atoms with van der Waals surface area (Å²) in [6.07, 6.45) is 2.35. The molecule has 1 N–H and O–H groups in total. The van der Waals surface area contributed by atoms with E-state index in [1.54, 1.807) is 0 Å². The lowest BCUT2D eigenvalue weighted by molar-refractivity contribution is -0.124. The largest absolute Gasteiger partial charge is 0.376 e. The number of hydrogen-bond donors (Lipinski definition) is 1. The predicted molar refractivity (Wildman–Crippen MR) is 51.4 cm³/mol. The van der Waals surface area contributed by atoms with Gasteiger partial charge in [-0.25, -0.2) is 0 Å². The van der Waals surface area contributed by atoms with E-state index in [-0.39, 0.29) is 17.9 Å². The fraction of sp³-hybridized carbons (Fsp3) is 0.900. The molecule has 0 aliphatic carbocycles. The van der Waals surface area contributed by atoms with E-state index in [0.29, 0.717) is 12.7 Å². The van der Waals surface area contributed by atoms with E-state index >= 15 is 0 Å². The Morgan fingerprint density at radius 3 is 2.77 bits per heavy atom. The molecular weight excluding hydrogens is 166 g/mol. The Hall–Kier alpha value is -0.570. The van der Waals surface area contributed by atoms with Crippen molar-refractivity contribution in [2.24, 2.45) is 5.92 Å². The fourth-order valence-electron chi connectivity index (χ4n) is 1.46. The van der Waals surface area contributed by atoms with E-state index in [0.717, 1.165) is 12.8 Å². The van der Waals surface area contributed by atoms with Crippen molar-refractivity contribution >= 4 is 5.91 Å². The standard InChI is InChI=1S/C10H19NO2/c1-4-9-5-8(6-13-9)11-10(12)7(2)3/h7-9H,4-6H2,1-3H3,(H,11,12). The van der Waals surface area contributed by atoms with Crippen molar-refractivity contribution in [3.05, 3.63) is 0 Å². The van der Waals surface area contributed by atoms with Gasteiger partial charge in [-0.05, 0) is 12.8 Å². The van der Waals surface area contributed by atoms with Gasteiger partial charge in [-0.2, -0.15) is 0 Å². The van der Waals surface area contributed by atoms with Gasteiger partial charge in [0, 0.05) is 5.92 Å². The second-order valence-corrected chi connectivity index (χ2v) is 3.96. The highest BCUT2D eigenvalue weighted by molar-refractivity contribution is 5.78. The van der Waals surface area contributed by atoms with Gasteiger partial charge in [0.2, 0.25) is 5.91 Å². The molecule has 2 atom stereocenters. The molecule has 1 saturated heterocycles. The molecule has 1 aliphatic heterocycles. The highest BCUT2D eigenvalue weighted by atomic mass is 16.5. The Labute approximate surface area is 79.8 Å². The molecule has 1 rings (SSSR count). The first-order valence-electron chi connectivity index (χ1n) is 5.05. The molecule has 0 aromatic heterocycles. The van der Waals surface area contributed by atoms with Crippen LogP contribution in [0.3, 0.4) is 0 Å². The van der Waals surface area contributed by atoms with Crippen molar-refractivity contribution in [3.63, 3.8) is 0 Å². The molecule has 0 radical (unpaired) electrons. The summed E-state index contributed by atoms with van der Waals surface area (Å²) >= 11 is 0. The summed E-state index contributed by atoms with van der Waals surface area (Å²) in [5, 5.41) is 2.98. The van der Waals surface area contributed by atoms with Gasteiger partial charge in [0.15, 0.2) is 0 Å². The van der Waals surface area contributed by atoms with E-state index in [1.165, 1.54) is 0 Å². The smallest absolute Gasteiger partial charge is 0.222 e. The highest BCUT2D eigenvalue weighted by Crippen LogP contribution is 2.16. The van der Waals surface area contributed by atoms with Gasteiger partial charge >= 0.3 is 0 Å². The maximum absolute atomic E-state index is 11.3. The van der Waals surface area contributed by atoms with Crippen LogP contribution in [-0.2, 0) is 9.53 Å². The SMILES string of the molecule is CCC1CC(NC(=O)C(C)C)CO1. The van der Waals surface area contributed by atoms with E-state index in [4.69, 9.17) is 4.74 Å². The topological polar surface area (TPSA) is 38.3 Å². The lowest BCUT2D eigenvalue weighted by Gasteiger charge is -2.12. The minimum absolute atomic E-state index is 0.0701. The third kappa shape index (κ3) is 2.99. The molecule has 0 spiro atoms. The Morgan fingerprint density at radius 1 is 1.62 bits per heavy atom. The Balaban J connectivity index is 2.28. The summed E-state index contributed by atoms with van der Waals surface area (Å²) in [4.78, 5) is 11.3. The van der Waals surface area contributed by atoms with Crippen molar-refractivity contribution in [1.82, 2.24) is 5.32 Å². The zero-order valence-corrected chi connectivity index (χ0v) is 8.67. The van der Waals surface area contributed by atoms with Crippen LogP contribution >= 0.6 is 0 Å². The lowest BCUT2D eigenvalue weighted by atomic mass is 10.1. The molecule has 3 nitrogen and oxygen atoms in total. The lowest BCUT2D eigenvalue weighted by Crippen LogP contribution is -2.37. The first kappa shape index (κ1) is 10.5. The van der Waals surface area contributed by atoms with E-state index in [2.05, 4.69) is 12.2 Å². The molecule has 13 heavy (non-hydrogen) atoms. The number of carbonyl (C=O) groups excluding carboxylic acids is 1. The summed E-state index contributed by atoms with van der Waals surface area (Å²) < 4.78 is 5.48. The number of carbonyl (C=O) groups is 1. The van der Waals surface area contributed by atoms with Crippen LogP contribution in [0.25, 0.3) is 0 Å². The van der Waals surface area contributed by atoms with Crippen molar-refractivity contribution in [2.75, 3.05) is 6.61 Å². The normalized spacial score (nSPS) is 28.0. The molecule has 76 valence electrons. The number of ether oxygens (including phenoxy) is 1. The maximum Gasteiger partial charge on any atom is 0.222 e. The average molecular weight is 185 g/mol. The predicted octanol–water partition coefficient (Wildman–Crippen LogP) is 1.33. The zero-order valence-electron chi connectivity index (χ0n) is 8.67. The molecule has 0 aromatic carbocycles. The van der Waals surface area contributed by atoms with E-state index in [1.807, 2.05) is 13.8 Å². The number of hydrogen-bond acceptors (Lipinski definition) is 2. The van der Waals surface area contributed by atoms with Crippen LogP contribution in [0.2, 0.25) is 0 Å². The van der Waals surface area contributed by atoms with Crippen molar-refractivity contribution in [1.29, 1.82) is 0 Å². The summed E-state index contributed by atoms with van der Waals surface area (Å²) in [6, 6.07) is 0.236. The molecule has 0 aromatic rings. The third-order valence-electron chi connectivity index (χ3n) is 2.41.